The molecular weight excluding hydrogens is 312 g/mol. The van der Waals surface area contributed by atoms with E-state index in [2.05, 4.69) is 10.2 Å². The van der Waals surface area contributed by atoms with E-state index in [-0.39, 0.29) is 12.0 Å². The third-order valence-electron chi connectivity index (χ3n) is 4.00. The number of hydrogen-bond donors (Lipinski definition) is 1. The lowest BCUT2D eigenvalue weighted by Gasteiger charge is -2.32. The van der Waals surface area contributed by atoms with E-state index >= 15 is 0 Å². The van der Waals surface area contributed by atoms with Crippen LogP contribution in [0.3, 0.4) is 0 Å². The monoisotopic (exact) mass is 334 g/mol. The van der Waals surface area contributed by atoms with Gasteiger partial charge in [-0.15, -0.1) is 11.3 Å². The second-order valence-electron chi connectivity index (χ2n) is 5.78. The number of morpholine rings is 1. The molecule has 1 N–H and O–H groups in total. The summed E-state index contributed by atoms with van der Waals surface area (Å²) in [7, 11) is 0. The van der Waals surface area contributed by atoms with Crippen molar-refractivity contribution in [2.75, 3.05) is 26.2 Å². The highest BCUT2D eigenvalue weighted by atomic mass is 32.1. The van der Waals surface area contributed by atoms with Crippen LogP contribution in [0.5, 0.6) is 0 Å². The number of furan rings is 1. The fraction of sp³-hybridized carbons (Fsp3) is 0.471. The molecule has 0 radical (unpaired) electrons. The van der Waals surface area contributed by atoms with Crippen LogP contribution in [0.15, 0.2) is 34.3 Å². The molecule has 1 aliphatic rings. The maximum absolute atomic E-state index is 12.1. The number of nitrogens with zero attached hydrogens (tertiary/aromatic N) is 1. The Morgan fingerprint density at radius 3 is 3.13 bits per heavy atom. The summed E-state index contributed by atoms with van der Waals surface area (Å²) in [5.41, 5.74) is 1.03. The molecule has 23 heavy (non-hydrogen) atoms. The molecule has 1 amide bonds. The molecule has 0 bridgehead atoms. The van der Waals surface area contributed by atoms with Crippen molar-refractivity contribution >= 4 is 17.2 Å². The van der Waals surface area contributed by atoms with Gasteiger partial charge in [-0.25, -0.2) is 0 Å². The highest BCUT2D eigenvalue weighted by molar-refractivity contribution is 7.12. The Morgan fingerprint density at radius 2 is 2.39 bits per heavy atom. The molecule has 1 saturated heterocycles. The van der Waals surface area contributed by atoms with Crippen LogP contribution >= 0.6 is 11.3 Å². The van der Waals surface area contributed by atoms with Gasteiger partial charge >= 0.3 is 0 Å². The molecule has 2 aromatic heterocycles. The summed E-state index contributed by atoms with van der Waals surface area (Å²) >= 11 is 1.48. The minimum atomic E-state index is 0.0146. The summed E-state index contributed by atoms with van der Waals surface area (Å²) in [4.78, 5) is 15.2. The first-order chi connectivity index (χ1) is 11.2. The zero-order chi connectivity index (χ0) is 16.1. The first kappa shape index (κ1) is 16.2. The van der Waals surface area contributed by atoms with Gasteiger partial charge in [0.05, 0.1) is 30.4 Å². The quantitative estimate of drug-likeness (QED) is 0.882. The lowest BCUT2D eigenvalue weighted by atomic mass is 10.2. The van der Waals surface area contributed by atoms with Gasteiger partial charge in [0.15, 0.2) is 0 Å². The van der Waals surface area contributed by atoms with Crippen LogP contribution in [0.1, 0.15) is 27.4 Å². The molecule has 0 aromatic carbocycles. The summed E-state index contributed by atoms with van der Waals surface area (Å²) in [5, 5.41) is 4.93. The molecule has 2 aromatic rings. The topological polar surface area (TPSA) is 54.7 Å². The Bertz CT molecular complexity index is 624. The minimum Gasteiger partial charge on any atom is -0.468 e. The molecule has 0 unspecified atom stereocenters. The number of amides is 1. The predicted octanol–water partition coefficient (Wildman–Crippen LogP) is 2.67. The number of nitrogens with one attached hydrogen (secondary N) is 1. The SMILES string of the molecule is Cc1ccsc1C(=O)NCC[C@H]1CN(Cc2ccco2)CCO1. The van der Waals surface area contributed by atoms with Gasteiger partial charge in [-0.2, -0.15) is 0 Å². The molecule has 5 nitrogen and oxygen atoms in total. The van der Waals surface area contributed by atoms with E-state index in [0.29, 0.717) is 6.54 Å². The molecule has 3 rings (SSSR count). The van der Waals surface area contributed by atoms with Crippen molar-refractivity contribution in [3.63, 3.8) is 0 Å². The Morgan fingerprint density at radius 1 is 1.48 bits per heavy atom. The molecule has 1 aliphatic heterocycles. The summed E-state index contributed by atoms with van der Waals surface area (Å²) in [5.74, 6) is 0.993. The zero-order valence-electron chi connectivity index (χ0n) is 13.3. The van der Waals surface area contributed by atoms with Crippen LogP contribution in [0.25, 0.3) is 0 Å². The second kappa shape index (κ2) is 7.77. The average Bonchev–Trinajstić information content (AvgIpc) is 3.19. The smallest absolute Gasteiger partial charge is 0.261 e. The second-order valence-corrected chi connectivity index (χ2v) is 6.70. The van der Waals surface area contributed by atoms with Gasteiger partial charge in [-0.3, -0.25) is 9.69 Å². The van der Waals surface area contributed by atoms with E-state index in [1.165, 1.54) is 11.3 Å². The normalized spacial score (nSPS) is 18.9. The van der Waals surface area contributed by atoms with Gasteiger partial charge in [0, 0.05) is 19.6 Å². The lowest BCUT2D eigenvalue weighted by molar-refractivity contribution is -0.0358. The van der Waals surface area contributed by atoms with E-state index in [1.807, 2.05) is 30.5 Å². The number of aryl methyl sites for hydroxylation is 1. The van der Waals surface area contributed by atoms with Crippen LogP contribution in [0.4, 0.5) is 0 Å². The Hall–Kier alpha value is -1.63. The fourth-order valence-corrected chi connectivity index (χ4v) is 3.60. The van der Waals surface area contributed by atoms with Gasteiger partial charge in [-0.1, -0.05) is 0 Å². The van der Waals surface area contributed by atoms with Gasteiger partial charge in [0.1, 0.15) is 5.76 Å². The third kappa shape index (κ3) is 4.43. The van der Waals surface area contributed by atoms with Crippen LogP contribution in [0.2, 0.25) is 0 Å². The van der Waals surface area contributed by atoms with E-state index < -0.39 is 0 Å². The van der Waals surface area contributed by atoms with E-state index in [9.17, 15) is 4.79 Å². The number of ether oxygens (including phenoxy) is 1. The standard InChI is InChI=1S/C17H22N2O3S/c1-13-5-10-23-16(13)17(20)18-6-4-15-12-19(7-9-22-15)11-14-3-2-8-21-14/h2-3,5,8,10,15H,4,6-7,9,11-12H2,1H3,(H,18,20)/t15-/m0/s1. The van der Waals surface area contributed by atoms with Crippen LogP contribution in [0, 0.1) is 6.92 Å². The molecule has 0 saturated carbocycles. The van der Waals surface area contributed by atoms with E-state index in [0.717, 1.165) is 48.9 Å². The maximum atomic E-state index is 12.1. The zero-order valence-corrected chi connectivity index (χ0v) is 14.1. The Balaban J connectivity index is 1.41. The minimum absolute atomic E-state index is 0.0146. The average molecular weight is 334 g/mol. The summed E-state index contributed by atoms with van der Waals surface area (Å²) in [6.45, 7) is 5.92. The predicted molar refractivity (Wildman–Crippen MR) is 89.7 cm³/mol. The van der Waals surface area contributed by atoms with Crippen molar-refractivity contribution in [3.05, 3.63) is 46.0 Å². The maximum Gasteiger partial charge on any atom is 0.261 e. The number of hydrogen-bond acceptors (Lipinski definition) is 5. The Labute approximate surface area is 140 Å². The summed E-state index contributed by atoms with van der Waals surface area (Å²) in [6, 6.07) is 5.87. The number of thiophene rings is 1. The van der Waals surface area contributed by atoms with Gasteiger partial charge in [0.2, 0.25) is 0 Å². The van der Waals surface area contributed by atoms with Gasteiger partial charge < -0.3 is 14.5 Å². The molecule has 0 aliphatic carbocycles. The molecular formula is C17H22N2O3S. The number of carbonyl (C=O) groups excluding carboxylic acids is 1. The van der Waals surface area contributed by atoms with Crippen molar-refractivity contribution in [3.8, 4) is 0 Å². The van der Waals surface area contributed by atoms with E-state index in [1.54, 1.807) is 6.26 Å². The fourth-order valence-electron chi connectivity index (χ4n) is 2.75. The van der Waals surface area contributed by atoms with Crippen LogP contribution < -0.4 is 5.32 Å². The van der Waals surface area contributed by atoms with Crippen LogP contribution in [-0.4, -0.2) is 43.2 Å². The van der Waals surface area contributed by atoms with Crippen molar-refractivity contribution in [2.45, 2.75) is 26.0 Å². The summed E-state index contributed by atoms with van der Waals surface area (Å²) in [6.07, 6.45) is 2.68. The van der Waals surface area contributed by atoms with Crippen LogP contribution in [-0.2, 0) is 11.3 Å². The summed E-state index contributed by atoms with van der Waals surface area (Å²) < 4.78 is 11.2. The molecule has 0 spiro atoms. The van der Waals surface area contributed by atoms with Gasteiger partial charge in [0.25, 0.3) is 5.91 Å². The Kier molecular flexibility index (Phi) is 5.48. The van der Waals surface area contributed by atoms with Gasteiger partial charge in [-0.05, 0) is 42.5 Å². The van der Waals surface area contributed by atoms with Crippen molar-refractivity contribution in [1.82, 2.24) is 10.2 Å². The molecule has 1 fully saturated rings. The lowest BCUT2D eigenvalue weighted by Crippen LogP contribution is -2.43. The highest BCUT2D eigenvalue weighted by Gasteiger charge is 2.21. The number of rotatable bonds is 6. The van der Waals surface area contributed by atoms with E-state index in [4.69, 9.17) is 9.15 Å². The van der Waals surface area contributed by atoms with Crippen molar-refractivity contribution in [2.24, 2.45) is 0 Å². The van der Waals surface area contributed by atoms with Crippen molar-refractivity contribution < 1.29 is 13.9 Å². The third-order valence-corrected chi connectivity index (χ3v) is 5.02. The number of carbonyl (C=O) groups is 1. The first-order valence-corrected chi connectivity index (χ1v) is 8.79. The molecule has 1 atom stereocenters. The molecule has 3 heterocycles. The molecule has 124 valence electrons. The van der Waals surface area contributed by atoms with Crippen molar-refractivity contribution in [1.29, 1.82) is 0 Å². The molecule has 6 heteroatoms. The largest absolute Gasteiger partial charge is 0.468 e. The highest BCUT2D eigenvalue weighted by Crippen LogP contribution is 2.16. The first-order valence-electron chi connectivity index (χ1n) is 7.91.